The summed E-state index contributed by atoms with van der Waals surface area (Å²) in [6, 6.07) is 7.27. The van der Waals surface area contributed by atoms with Crippen LogP contribution in [0, 0.1) is 5.92 Å². The molecule has 2 unspecified atom stereocenters. The number of anilines is 1. The number of nitrogens with two attached hydrogens (primary N) is 2. The van der Waals surface area contributed by atoms with Crippen molar-refractivity contribution in [2.24, 2.45) is 16.8 Å². The summed E-state index contributed by atoms with van der Waals surface area (Å²) in [5.74, 6) is 0.409. The summed E-state index contributed by atoms with van der Waals surface area (Å²) in [6.07, 6.45) is 4.52. The Bertz CT molecular complexity index is 574. The van der Waals surface area contributed by atoms with Crippen LogP contribution in [0.4, 0.5) is 5.69 Å². The molecule has 1 aliphatic carbocycles. The van der Waals surface area contributed by atoms with E-state index >= 15 is 0 Å². The van der Waals surface area contributed by atoms with Gasteiger partial charge >= 0.3 is 0 Å². The molecular weight excluding hydrogens is 286 g/mol. The van der Waals surface area contributed by atoms with Crippen molar-refractivity contribution in [3.63, 3.8) is 0 Å². The predicted molar refractivity (Wildman–Crippen MR) is 85.6 cm³/mol. The molecule has 118 valence electrons. The van der Waals surface area contributed by atoms with Crippen LogP contribution in [0.15, 0.2) is 29.2 Å². The largest absolute Gasteiger partial charge is 0.367 e. The second-order valence-corrected chi connectivity index (χ2v) is 7.18. The van der Waals surface area contributed by atoms with Crippen LogP contribution in [0.3, 0.4) is 0 Å². The molecule has 1 aromatic rings. The van der Waals surface area contributed by atoms with Crippen molar-refractivity contribution in [1.29, 1.82) is 0 Å². The fourth-order valence-corrected chi connectivity index (χ4v) is 4.14. The molecule has 0 aliphatic heterocycles. The van der Waals surface area contributed by atoms with Crippen LogP contribution in [0.2, 0.25) is 0 Å². The summed E-state index contributed by atoms with van der Waals surface area (Å²) in [4.78, 5) is 2.37. The Morgan fingerprint density at radius 1 is 1.24 bits per heavy atom. The highest BCUT2D eigenvalue weighted by Gasteiger charge is 2.30. The molecule has 1 saturated carbocycles. The monoisotopic (exact) mass is 311 g/mol. The van der Waals surface area contributed by atoms with Crippen molar-refractivity contribution in [3.05, 3.63) is 24.3 Å². The summed E-state index contributed by atoms with van der Waals surface area (Å²) in [5, 5.41) is 5.37. The molecule has 0 spiro atoms. The Kier molecular flexibility index (Phi) is 5.24. The predicted octanol–water partition coefficient (Wildman–Crippen LogP) is 1.68. The van der Waals surface area contributed by atoms with Gasteiger partial charge in [0.25, 0.3) is 0 Å². The summed E-state index contributed by atoms with van der Waals surface area (Å²) >= 11 is 0. The van der Waals surface area contributed by atoms with E-state index in [9.17, 15) is 8.42 Å². The van der Waals surface area contributed by atoms with Gasteiger partial charge in [-0.15, -0.1) is 0 Å². The van der Waals surface area contributed by atoms with E-state index in [1.54, 1.807) is 12.1 Å². The van der Waals surface area contributed by atoms with Crippen molar-refractivity contribution >= 4 is 15.7 Å². The number of hydrogen-bond acceptors (Lipinski definition) is 4. The first-order valence-corrected chi connectivity index (χ1v) is 9.12. The zero-order valence-electron chi connectivity index (χ0n) is 12.5. The summed E-state index contributed by atoms with van der Waals surface area (Å²) in [7, 11) is -3.72. The van der Waals surface area contributed by atoms with E-state index in [4.69, 9.17) is 10.9 Å². The molecular formula is C15H25N3O2S. The third-order valence-corrected chi connectivity index (χ3v) is 5.35. The maximum Gasteiger partial charge on any atom is 0.240 e. The van der Waals surface area contributed by atoms with Crippen molar-refractivity contribution in [2.45, 2.75) is 43.5 Å². The third kappa shape index (κ3) is 3.56. The lowest BCUT2D eigenvalue weighted by Gasteiger charge is -2.41. The van der Waals surface area contributed by atoms with Gasteiger partial charge in [-0.3, -0.25) is 0 Å². The van der Waals surface area contributed by atoms with Gasteiger partial charge in [-0.25, -0.2) is 13.6 Å². The van der Waals surface area contributed by atoms with Gasteiger partial charge in [-0.2, -0.15) is 0 Å². The van der Waals surface area contributed by atoms with Gasteiger partial charge in [0.15, 0.2) is 0 Å². The zero-order chi connectivity index (χ0) is 15.5. The number of rotatable bonds is 5. The van der Waals surface area contributed by atoms with Crippen LogP contribution < -0.4 is 15.8 Å². The third-order valence-electron chi connectivity index (χ3n) is 4.39. The Balaban J connectivity index is 2.42. The van der Waals surface area contributed by atoms with Crippen molar-refractivity contribution in [3.8, 4) is 0 Å². The van der Waals surface area contributed by atoms with E-state index in [0.29, 0.717) is 18.2 Å². The van der Waals surface area contributed by atoms with Gasteiger partial charge in [0.2, 0.25) is 10.0 Å². The van der Waals surface area contributed by atoms with E-state index in [1.165, 1.54) is 6.42 Å². The highest BCUT2D eigenvalue weighted by Crippen LogP contribution is 2.33. The van der Waals surface area contributed by atoms with Crippen LogP contribution in [-0.2, 0) is 10.0 Å². The Labute approximate surface area is 127 Å². The molecule has 0 saturated heterocycles. The lowest BCUT2D eigenvalue weighted by atomic mass is 9.83. The zero-order valence-corrected chi connectivity index (χ0v) is 13.3. The number of para-hydroxylation sites is 1. The minimum Gasteiger partial charge on any atom is -0.367 e. The van der Waals surface area contributed by atoms with Gasteiger partial charge in [0.1, 0.15) is 4.90 Å². The highest BCUT2D eigenvalue weighted by atomic mass is 32.2. The smallest absolute Gasteiger partial charge is 0.240 e. The summed E-state index contributed by atoms with van der Waals surface area (Å²) in [6.45, 7) is 3.43. The van der Waals surface area contributed by atoms with Gasteiger partial charge < -0.3 is 10.6 Å². The molecule has 1 aromatic carbocycles. The van der Waals surface area contributed by atoms with Crippen LogP contribution in [0.5, 0.6) is 0 Å². The Morgan fingerprint density at radius 2 is 1.90 bits per heavy atom. The fourth-order valence-electron chi connectivity index (χ4n) is 3.39. The normalized spacial score (nSPS) is 23.0. The SMILES string of the molecule is CCN(c1ccccc1S(N)(=O)=O)C1CCCCC1CN. The number of sulfonamides is 1. The second kappa shape index (κ2) is 6.77. The van der Waals surface area contributed by atoms with E-state index in [2.05, 4.69) is 4.90 Å². The van der Waals surface area contributed by atoms with Crippen molar-refractivity contribution in [2.75, 3.05) is 18.0 Å². The molecule has 6 heteroatoms. The fraction of sp³-hybridized carbons (Fsp3) is 0.600. The lowest BCUT2D eigenvalue weighted by molar-refractivity contribution is 0.300. The average molecular weight is 311 g/mol. The molecule has 0 heterocycles. The lowest BCUT2D eigenvalue weighted by Crippen LogP contribution is -2.45. The molecule has 2 rings (SSSR count). The van der Waals surface area contributed by atoms with Gasteiger partial charge in [0, 0.05) is 12.6 Å². The van der Waals surface area contributed by atoms with Crippen LogP contribution in [0.1, 0.15) is 32.6 Å². The van der Waals surface area contributed by atoms with Gasteiger partial charge in [-0.05, 0) is 44.4 Å². The Morgan fingerprint density at radius 3 is 2.52 bits per heavy atom. The van der Waals surface area contributed by atoms with E-state index in [0.717, 1.165) is 25.8 Å². The maximum atomic E-state index is 11.8. The van der Waals surface area contributed by atoms with E-state index < -0.39 is 10.0 Å². The first-order chi connectivity index (χ1) is 9.99. The Hall–Kier alpha value is -1.11. The van der Waals surface area contributed by atoms with Crippen molar-refractivity contribution in [1.82, 2.24) is 0 Å². The quantitative estimate of drug-likeness (QED) is 0.865. The number of primary sulfonamides is 1. The molecule has 4 N–H and O–H groups in total. The molecule has 0 aromatic heterocycles. The number of benzene rings is 1. The minimum atomic E-state index is -3.72. The molecule has 1 fully saturated rings. The average Bonchev–Trinajstić information content (AvgIpc) is 2.48. The molecule has 1 aliphatic rings. The minimum absolute atomic E-state index is 0.202. The van der Waals surface area contributed by atoms with Crippen LogP contribution in [-0.4, -0.2) is 27.5 Å². The molecule has 0 amide bonds. The van der Waals surface area contributed by atoms with E-state index in [1.807, 2.05) is 19.1 Å². The number of nitrogens with zero attached hydrogens (tertiary/aromatic N) is 1. The van der Waals surface area contributed by atoms with Crippen LogP contribution in [0.25, 0.3) is 0 Å². The van der Waals surface area contributed by atoms with Crippen molar-refractivity contribution < 1.29 is 8.42 Å². The molecule has 0 bridgehead atoms. The molecule has 0 radical (unpaired) electrons. The van der Waals surface area contributed by atoms with Gasteiger partial charge in [0.05, 0.1) is 5.69 Å². The van der Waals surface area contributed by atoms with E-state index in [-0.39, 0.29) is 10.9 Å². The molecule has 2 atom stereocenters. The standard InChI is InChI=1S/C15H25N3O2S/c1-2-18(13-8-4-3-7-12(13)11-16)14-9-5-6-10-15(14)21(17,19)20/h5-6,9-10,12-13H,2-4,7-8,11,16H2,1H3,(H2,17,19,20). The summed E-state index contributed by atoms with van der Waals surface area (Å²) in [5.41, 5.74) is 6.62. The molecule has 21 heavy (non-hydrogen) atoms. The number of hydrogen-bond donors (Lipinski definition) is 2. The van der Waals surface area contributed by atoms with Gasteiger partial charge in [-0.1, -0.05) is 25.0 Å². The highest BCUT2D eigenvalue weighted by molar-refractivity contribution is 7.89. The first-order valence-electron chi connectivity index (χ1n) is 7.57. The topological polar surface area (TPSA) is 89.4 Å². The second-order valence-electron chi connectivity index (χ2n) is 5.65. The summed E-state index contributed by atoms with van der Waals surface area (Å²) < 4.78 is 23.7. The van der Waals surface area contributed by atoms with Crippen LogP contribution >= 0.6 is 0 Å². The molecule has 5 nitrogen and oxygen atoms in total. The maximum absolute atomic E-state index is 11.8. The first kappa shape index (κ1) is 16.3.